The fraction of sp³-hybridized carbons (Fsp3) is 0.778. The van der Waals surface area contributed by atoms with Crippen molar-refractivity contribution in [3.05, 3.63) is 0 Å². The first kappa shape index (κ1) is 23.0. The quantitative estimate of drug-likeness (QED) is 0.391. The minimum atomic E-state index is -1.29. The van der Waals surface area contributed by atoms with Crippen molar-refractivity contribution in [2.75, 3.05) is 39.5 Å². The van der Waals surface area contributed by atoms with Crippen LogP contribution >= 0.6 is 0 Å². The molecule has 0 bridgehead atoms. The van der Waals surface area contributed by atoms with Gasteiger partial charge in [-0.2, -0.15) is 0 Å². The number of carboxylic acid groups (broad SMARTS) is 1. The van der Waals surface area contributed by atoms with Gasteiger partial charge in [0.25, 0.3) is 0 Å². The van der Waals surface area contributed by atoms with Gasteiger partial charge in [0.15, 0.2) is 6.04 Å². The third-order valence-electron chi connectivity index (χ3n) is 4.92. The second-order valence-corrected chi connectivity index (χ2v) is 7.58. The molecule has 11 nitrogen and oxygen atoms in total. The van der Waals surface area contributed by atoms with E-state index < -0.39 is 41.3 Å². The second-order valence-electron chi connectivity index (χ2n) is 7.58. The predicted octanol–water partition coefficient (Wildman–Crippen LogP) is -1.79. The highest BCUT2D eigenvalue weighted by Crippen LogP contribution is 2.18. The number of fused-ring (bicyclic) bond motifs is 1. The maximum atomic E-state index is 12.6. The van der Waals surface area contributed by atoms with Crippen LogP contribution in [-0.2, 0) is 28.7 Å². The van der Waals surface area contributed by atoms with Crippen LogP contribution in [0.2, 0.25) is 0 Å². The molecule has 0 aromatic heterocycles. The van der Waals surface area contributed by atoms with Gasteiger partial charge in [0.2, 0.25) is 17.7 Å². The van der Waals surface area contributed by atoms with Gasteiger partial charge >= 0.3 is 5.97 Å². The molecule has 0 aromatic carbocycles. The van der Waals surface area contributed by atoms with E-state index in [9.17, 15) is 24.3 Å². The van der Waals surface area contributed by atoms with E-state index in [0.29, 0.717) is 45.4 Å². The first-order valence-electron chi connectivity index (χ1n) is 9.77. The molecule has 0 radical (unpaired) electrons. The lowest BCUT2D eigenvalue weighted by molar-refractivity contribution is -0.145. The van der Waals surface area contributed by atoms with Crippen molar-refractivity contribution < 1.29 is 33.8 Å². The first-order valence-corrected chi connectivity index (χ1v) is 9.77. The fourth-order valence-corrected chi connectivity index (χ4v) is 3.20. The SMILES string of the molecule is C[C@@]1(N)COCCCCOC[C@@H](C(=O)O)NC(=O)[C@@H]2CCCN2C(=O)CNC1=O. The average Bonchev–Trinajstić information content (AvgIpc) is 3.15. The number of carboxylic acids is 1. The van der Waals surface area contributed by atoms with E-state index in [2.05, 4.69) is 10.6 Å². The number of nitrogens with zero attached hydrogens (tertiary/aromatic N) is 1. The summed E-state index contributed by atoms with van der Waals surface area (Å²) in [6.45, 7) is 2.05. The summed E-state index contributed by atoms with van der Waals surface area (Å²) in [5.74, 6) is -2.71. The number of aliphatic carboxylic acids is 1. The van der Waals surface area contributed by atoms with E-state index >= 15 is 0 Å². The molecule has 2 fully saturated rings. The number of carbonyl (C=O) groups is 4. The summed E-state index contributed by atoms with van der Waals surface area (Å²) < 4.78 is 10.8. The molecular formula is C18H30N4O7. The topological polar surface area (TPSA) is 160 Å². The predicted molar refractivity (Wildman–Crippen MR) is 101 cm³/mol. The number of carbonyl (C=O) groups excluding carboxylic acids is 3. The van der Waals surface area contributed by atoms with Gasteiger partial charge in [-0.15, -0.1) is 0 Å². The molecule has 0 aliphatic carbocycles. The van der Waals surface area contributed by atoms with Crippen molar-refractivity contribution in [3.63, 3.8) is 0 Å². The van der Waals surface area contributed by atoms with E-state index in [0.717, 1.165) is 0 Å². The number of amides is 3. The minimum Gasteiger partial charge on any atom is -0.480 e. The van der Waals surface area contributed by atoms with E-state index in [1.807, 2.05) is 0 Å². The Bertz CT molecular complexity index is 625. The van der Waals surface area contributed by atoms with Gasteiger partial charge in [0.1, 0.15) is 11.6 Å². The number of hydrogen-bond donors (Lipinski definition) is 4. The molecule has 0 aromatic rings. The van der Waals surface area contributed by atoms with Crippen molar-refractivity contribution >= 4 is 23.7 Å². The Morgan fingerprint density at radius 1 is 1.21 bits per heavy atom. The van der Waals surface area contributed by atoms with Crippen LogP contribution in [0, 0.1) is 0 Å². The summed E-state index contributed by atoms with van der Waals surface area (Å²) >= 11 is 0. The monoisotopic (exact) mass is 414 g/mol. The largest absolute Gasteiger partial charge is 0.480 e. The smallest absolute Gasteiger partial charge is 0.328 e. The second kappa shape index (κ2) is 10.5. The zero-order valence-corrected chi connectivity index (χ0v) is 16.6. The number of rotatable bonds is 1. The molecule has 0 saturated carbocycles. The van der Waals surface area contributed by atoms with Crippen molar-refractivity contribution in [2.45, 2.75) is 50.2 Å². The van der Waals surface area contributed by atoms with Crippen LogP contribution in [-0.4, -0.2) is 90.8 Å². The first-order chi connectivity index (χ1) is 13.7. The lowest BCUT2D eigenvalue weighted by Crippen LogP contribution is -2.57. The van der Waals surface area contributed by atoms with Gasteiger partial charge in [-0.1, -0.05) is 0 Å². The Morgan fingerprint density at radius 3 is 2.59 bits per heavy atom. The van der Waals surface area contributed by atoms with Gasteiger partial charge < -0.3 is 35.8 Å². The lowest BCUT2D eigenvalue weighted by atomic mass is 10.0. The molecule has 2 saturated heterocycles. The highest BCUT2D eigenvalue weighted by molar-refractivity contribution is 5.93. The third kappa shape index (κ3) is 6.65. The molecule has 5 N–H and O–H groups in total. The lowest BCUT2D eigenvalue weighted by Gasteiger charge is -2.27. The van der Waals surface area contributed by atoms with Gasteiger partial charge in [0.05, 0.1) is 19.8 Å². The summed E-state index contributed by atoms with van der Waals surface area (Å²) in [5.41, 5.74) is 4.69. The van der Waals surface area contributed by atoms with E-state index in [4.69, 9.17) is 15.2 Å². The normalized spacial score (nSPS) is 31.2. The third-order valence-corrected chi connectivity index (χ3v) is 4.92. The number of nitrogens with one attached hydrogen (secondary N) is 2. The summed E-state index contributed by atoms with van der Waals surface area (Å²) in [5, 5.41) is 14.3. The highest BCUT2D eigenvalue weighted by Gasteiger charge is 2.36. The minimum absolute atomic E-state index is 0.0102. The zero-order valence-electron chi connectivity index (χ0n) is 16.6. The fourth-order valence-electron chi connectivity index (χ4n) is 3.20. The van der Waals surface area contributed by atoms with Crippen LogP contribution in [0.4, 0.5) is 0 Å². The Labute approximate surface area is 169 Å². The molecule has 2 aliphatic heterocycles. The number of ether oxygens (including phenoxy) is 2. The van der Waals surface area contributed by atoms with Crippen LogP contribution in [0.3, 0.4) is 0 Å². The molecule has 2 aliphatic rings. The Kier molecular flexibility index (Phi) is 8.35. The summed E-state index contributed by atoms with van der Waals surface area (Å²) in [4.78, 5) is 50.2. The Balaban J connectivity index is 2.09. The van der Waals surface area contributed by atoms with Gasteiger partial charge in [0, 0.05) is 19.8 Å². The van der Waals surface area contributed by atoms with Crippen LogP contribution in [0.15, 0.2) is 0 Å². The molecule has 0 spiro atoms. The standard InChI is InChI=1S/C18H30N4O7/c1-18(19)11-29-8-3-2-7-28-10-12(16(25)26)21-15(24)13-5-4-6-22(13)14(23)9-20-17(18)27/h12-13H,2-11,19H2,1H3,(H,20,27)(H,21,24)(H,25,26)/t12-,13-,18+/m0/s1. The van der Waals surface area contributed by atoms with Crippen molar-refractivity contribution in [2.24, 2.45) is 5.73 Å². The molecule has 3 amide bonds. The van der Waals surface area contributed by atoms with Gasteiger partial charge in [-0.05, 0) is 32.6 Å². The maximum Gasteiger partial charge on any atom is 0.328 e. The summed E-state index contributed by atoms with van der Waals surface area (Å²) in [6.07, 6.45) is 2.28. The maximum absolute atomic E-state index is 12.6. The molecule has 0 unspecified atom stereocenters. The van der Waals surface area contributed by atoms with Crippen molar-refractivity contribution in [1.82, 2.24) is 15.5 Å². The molecular weight excluding hydrogens is 384 g/mol. The molecule has 11 heteroatoms. The van der Waals surface area contributed by atoms with Crippen LogP contribution < -0.4 is 16.4 Å². The van der Waals surface area contributed by atoms with Gasteiger partial charge in [-0.25, -0.2) is 4.79 Å². The Hall–Kier alpha value is -2.24. The van der Waals surface area contributed by atoms with E-state index in [1.165, 1.54) is 11.8 Å². The highest BCUT2D eigenvalue weighted by atomic mass is 16.5. The Morgan fingerprint density at radius 2 is 1.90 bits per heavy atom. The van der Waals surface area contributed by atoms with Crippen LogP contribution in [0.1, 0.15) is 32.6 Å². The zero-order chi connectivity index (χ0) is 21.4. The molecule has 3 atom stereocenters. The molecule has 2 rings (SSSR count). The summed E-state index contributed by atoms with van der Waals surface area (Å²) in [6, 6.07) is -1.99. The molecule has 164 valence electrons. The number of hydrogen-bond acceptors (Lipinski definition) is 7. The molecule has 29 heavy (non-hydrogen) atoms. The van der Waals surface area contributed by atoms with Crippen molar-refractivity contribution in [3.8, 4) is 0 Å². The molecule has 2 heterocycles. The van der Waals surface area contributed by atoms with Gasteiger partial charge in [-0.3, -0.25) is 14.4 Å². The summed E-state index contributed by atoms with van der Waals surface area (Å²) in [7, 11) is 0. The van der Waals surface area contributed by atoms with Crippen LogP contribution in [0.5, 0.6) is 0 Å². The van der Waals surface area contributed by atoms with E-state index in [-0.39, 0.29) is 19.8 Å². The van der Waals surface area contributed by atoms with Crippen molar-refractivity contribution in [1.29, 1.82) is 0 Å². The average molecular weight is 414 g/mol. The number of nitrogens with two attached hydrogens (primary N) is 1. The van der Waals surface area contributed by atoms with E-state index in [1.54, 1.807) is 0 Å². The van der Waals surface area contributed by atoms with Crippen LogP contribution in [0.25, 0.3) is 0 Å².